The van der Waals surface area contributed by atoms with E-state index in [9.17, 15) is 80.5 Å². The highest BCUT2D eigenvalue weighted by Gasteiger charge is 2.46. The van der Waals surface area contributed by atoms with Crippen molar-refractivity contribution in [1.29, 1.82) is 0 Å². The van der Waals surface area contributed by atoms with Gasteiger partial charge in [0.2, 0.25) is 17.7 Å². The van der Waals surface area contributed by atoms with E-state index in [1.54, 1.807) is 0 Å². The van der Waals surface area contributed by atoms with E-state index in [2.05, 4.69) is 46.6 Å². The lowest BCUT2D eigenvalue weighted by atomic mass is 9.99. The molecule has 0 bridgehead atoms. The van der Waals surface area contributed by atoms with Gasteiger partial charge in [-0.2, -0.15) is 0 Å². The van der Waals surface area contributed by atoms with E-state index >= 15 is 0 Å². The van der Waals surface area contributed by atoms with Crippen LogP contribution in [0.3, 0.4) is 0 Å². The summed E-state index contributed by atoms with van der Waals surface area (Å²) in [5.41, 5.74) is -1.38. The van der Waals surface area contributed by atoms with Crippen LogP contribution in [-0.2, 0) is 104 Å². The molecule has 0 aromatic rings. The molecule has 6 unspecified atom stereocenters. The molecule has 3 heterocycles. The molecule has 0 aliphatic carbocycles. The minimum atomic E-state index is -1.55. The number of nitrogens with one attached hydrogen (secondary N) is 3. The predicted molar refractivity (Wildman–Crippen MR) is 368 cm³/mol. The SMILES string of the molecule is CCCCCCC#CC#CCCC(=O)NC(COCCC(=O)CCCOCCOCCOCCO[C@H]1OC(CO)[C@@H](O)[C@H](O)C1O)(COCCC(=O)NCCOCCOCCOCCO[C@H]1OC(CO)[C@@H](O)[C@H](O)C1O)COCCC(=O)NCCOCCOCCOCCO[C@H]1OC(CO)[C@@H](O)[C@H](O)C1O. The van der Waals surface area contributed by atoms with Crippen LogP contribution in [0.4, 0.5) is 0 Å². The number of hydrogen-bond acceptors (Lipinski definition) is 34. The lowest BCUT2D eigenvalue weighted by Gasteiger charge is -2.39. The quantitative estimate of drug-likeness (QED) is 0.0199. The van der Waals surface area contributed by atoms with Crippen LogP contribution in [-0.4, -0.2) is 394 Å². The highest BCUT2D eigenvalue weighted by atomic mass is 16.7. The fourth-order valence-corrected chi connectivity index (χ4v) is 10.0. The first-order valence-electron chi connectivity index (χ1n) is 36.4. The van der Waals surface area contributed by atoms with Crippen LogP contribution in [0.1, 0.15) is 84.0 Å². The Morgan fingerprint density at radius 2 is 0.679 bits per heavy atom. The minimum Gasteiger partial charge on any atom is -0.394 e. The molecule has 3 rings (SSSR count). The molecule has 15 atom stereocenters. The maximum absolute atomic E-state index is 13.7. The molecular formula is C69H121N3O34. The van der Waals surface area contributed by atoms with Gasteiger partial charge < -0.3 is 162 Å². The first-order valence-corrected chi connectivity index (χ1v) is 36.4. The van der Waals surface area contributed by atoms with E-state index in [0.29, 0.717) is 6.42 Å². The van der Waals surface area contributed by atoms with Gasteiger partial charge in [0.1, 0.15) is 84.6 Å². The van der Waals surface area contributed by atoms with Gasteiger partial charge in [-0.3, -0.25) is 19.2 Å². The normalized spacial score (nSPS) is 25.0. The number of unbranched alkanes of at least 4 members (excludes halogenated alkanes) is 4. The molecule has 37 heteroatoms. The van der Waals surface area contributed by atoms with Crippen molar-refractivity contribution in [3.63, 3.8) is 0 Å². The van der Waals surface area contributed by atoms with Gasteiger partial charge in [-0.05, 0) is 24.7 Å². The van der Waals surface area contributed by atoms with Gasteiger partial charge >= 0.3 is 0 Å². The lowest BCUT2D eigenvalue weighted by Crippen LogP contribution is -2.59. The van der Waals surface area contributed by atoms with Crippen LogP contribution in [0.5, 0.6) is 0 Å². The summed E-state index contributed by atoms with van der Waals surface area (Å²) < 4.78 is 99.9. The van der Waals surface area contributed by atoms with E-state index in [4.69, 9.17) is 85.3 Å². The maximum Gasteiger partial charge on any atom is 0.222 e. The third-order valence-electron chi connectivity index (χ3n) is 16.1. The molecule has 3 aliphatic rings. The molecule has 15 N–H and O–H groups in total. The fourth-order valence-electron chi connectivity index (χ4n) is 10.0. The van der Waals surface area contributed by atoms with Crippen LogP contribution in [0.25, 0.3) is 0 Å². The average Bonchev–Trinajstić information content (AvgIpc) is 0.836. The van der Waals surface area contributed by atoms with Crippen LogP contribution in [0.15, 0.2) is 0 Å². The van der Waals surface area contributed by atoms with Crippen LogP contribution in [0.2, 0.25) is 0 Å². The summed E-state index contributed by atoms with van der Waals surface area (Å²) in [5.74, 6) is 10.4. The maximum atomic E-state index is 13.7. The summed E-state index contributed by atoms with van der Waals surface area (Å²) in [5, 5.41) is 126. The number of carbonyl (C=O) groups excluding carboxylic acids is 4. The number of rotatable bonds is 65. The third-order valence-corrected chi connectivity index (χ3v) is 16.1. The number of hydrogen-bond donors (Lipinski definition) is 15. The standard InChI is InChI=1S/C69H121N3O34/c1-2-3-4-5-6-7-8-9-10-11-14-56(79)72-69(47-98-21-15-50(76)13-12-20-89-26-29-92-32-35-95-38-41-101-66-63(86)60(83)57(80)51(44-73)104-66,48-99-22-16-54(77)70-18-24-90-27-30-93-33-36-96-39-42-102-67-64(87)61(84)58(81)52(45-74)105-67)49-100-23-17-55(78)71-19-25-91-28-31-94-34-37-97-40-43-103-68-65(88)62(85)59(82)53(46-75)106-68/h51-53,57-68,73-75,80-88H,2-6,11-49H2,1H3,(H,70,77)(H,71,78)(H,72,79)/t51?,52?,53?,57-,58-,59-,60+,61+,62+,63?,64?,65?,66+,67+,68+,69?/m1/s1. The summed E-state index contributed by atoms with van der Waals surface area (Å²) in [4.78, 5) is 52.5. The summed E-state index contributed by atoms with van der Waals surface area (Å²) in [6.45, 7) is 3.70. The minimum absolute atomic E-state index is 0.00197. The zero-order chi connectivity index (χ0) is 77.3. The van der Waals surface area contributed by atoms with Gasteiger partial charge in [0, 0.05) is 64.6 Å². The van der Waals surface area contributed by atoms with E-state index in [1.807, 2.05) is 0 Å². The van der Waals surface area contributed by atoms with Crippen molar-refractivity contribution in [2.24, 2.45) is 0 Å². The molecule has 0 spiro atoms. The number of aliphatic hydroxyl groups excluding tert-OH is 12. The Labute approximate surface area is 619 Å². The number of ether oxygens (including phenoxy) is 18. The molecule has 0 radical (unpaired) electrons. The third kappa shape index (κ3) is 43.0. The van der Waals surface area contributed by atoms with Crippen molar-refractivity contribution in [3.8, 4) is 23.7 Å². The van der Waals surface area contributed by atoms with Crippen molar-refractivity contribution in [3.05, 3.63) is 0 Å². The number of Topliss-reactive ketones (excluding diaryl/α,β-unsaturated/α-hetero) is 1. The van der Waals surface area contributed by atoms with Gasteiger partial charge in [0.15, 0.2) is 18.9 Å². The molecule has 616 valence electrons. The van der Waals surface area contributed by atoms with Crippen LogP contribution in [0, 0.1) is 23.7 Å². The second kappa shape index (κ2) is 61.6. The van der Waals surface area contributed by atoms with Gasteiger partial charge in [0.25, 0.3) is 0 Å². The van der Waals surface area contributed by atoms with E-state index in [1.165, 1.54) is 0 Å². The van der Waals surface area contributed by atoms with E-state index in [-0.39, 0.29) is 248 Å². The lowest BCUT2D eigenvalue weighted by molar-refractivity contribution is -0.302. The predicted octanol–water partition coefficient (Wildman–Crippen LogP) is -6.00. The fraction of sp³-hybridized carbons (Fsp3) is 0.884. The van der Waals surface area contributed by atoms with E-state index in [0.717, 1.165) is 32.1 Å². The molecule has 37 nitrogen and oxygen atoms in total. The molecule has 0 aromatic heterocycles. The molecule has 0 aromatic carbocycles. The molecular weight excluding hydrogens is 1410 g/mol. The van der Waals surface area contributed by atoms with Gasteiger partial charge in [-0.15, -0.1) is 0 Å². The number of ketones is 1. The largest absolute Gasteiger partial charge is 0.394 e. The molecule has 3 saturated heterocycles. The summed E-state index contributed by atoms with van der Waals surface area (Å²) in [7, 11) is 0. The topological polar surface area (TPSA) is 513 Å². The molecule has 3 aliphatic heterocycles. The highest BCUT2D eigenvalue weighted by molar-refractivity contribution is 5.78. The van der Waals surface area contributed by atoms with Crippen molar-refractivity contribution >= 4 is 23.5 Å². The first kappa shape index (κ1) is 96.2. The van der Waals surface area contributed by atoms with Crippen molar-refractivity contribution < 1.29 is 166 Å². The van der Waals surface area contributed by atoms with Crippen molar-refractivity contribution in [2.75, 3.05) is 211 Å². The molecule has 3 fully saturated rings. The van der Waals surface area contributed by atoms with Crippen LogP contribution >= 0.6 is 0 Å². The van der Waals surface area contributed by atoms with Gasteiger partial charge in [0.05, 0.1) is 192 Å². The van der Waals surface area contributed by atoms with Crippen LogP contribution < -0.4 is 16.0 Å². The Kier molecular flexibility index (Phi) is 55.9. The Morgan fingerprint density at radius 1 is 0.340 bits per heavy atom. The Morgan fingerprint density at radius 3 is 1.05 bits per heavy atom. The highest BCUT2D eigenvalue weighted by Crippen LogP contribution is 2.25. The second-order valence-electron chi connectivity index (χ2n) is 24.7. The van der Waals surface area contributed by atoms with Gasteiger partial charge in [-0.25, -0.2) is 0 Å². The zero-order valence-electron chi connectivity index (χ0n) is 61.1. The smallest absolute Gasteiger partial charge is 0.222 e. The first-order chi connectivity index (χ1) is 51.4. The number of carbonyl (C=O) groups is 4. The Bertz CT molecular complexity index is 2170. The number of amides is 3. The molecule has 3 amide bonds. The Hall–Kier alpha value is -4.00. The molecule has 106 heavy (non-hydrogen) atoms. The van der Waals surface area contributed by atoms with E-state index < -0.39 is 123 Å². The summed E-state index contributed by atoms with van der Waals surface area (Å²) >= 11 is 0. The van der Waals surface area contributed by atoms with Crippen molar-refractivity contribution in [2.45, 2.75) is 182 Å². The average molecular weight is 1540 g/mol. The van der Waals surface area contributed by atoms with Crippen molar-refractivity contribution in [1.82, 2.24) is 16.0 Å². The Balaban J connectivity index is 1.45. The monoisotopic (exact) mass is 1540 g/mol. The summed E-state index contributed by atoms with van der Waals surface area (Å²) in [6.07, 6.45) is -15.0. The van der Waals surface area contributed by atoms with Gasteiger partial charge in [-0.1, -0.05) is 38.0 Å². The zero-order valence-corrected chi connectivity index (χ0v) is 61.1. The summed E-state index contributed by atoms with van der Waals surface area (Å²) in [6, 6.07) is 0. The second-order valence-corrected chi connectivity index (χ2v) is 24.7. The molecule has 0 saturated carbocycles. The number of aliphatic hydroxyl groups is 12.